The molecule has 15 heteroatoms. The van der Waals surface area contributed by atoms with Crippen molar-refractivity contribution in [2.24, 2.45) is 0 Å². The lowest BCUT2D eigenvalue weighted by molar-refractivity contribution is 0.0654. The number of aromatic nitrogens is 3. The third-order valence-corrected chi connectivity index (χ3v) is 9.96. The molecule has 0 radical (unpaired) electrons. The number of hydrogen-bond donors (Lipinski definition) is 1. The summed E-state index contributed by atoms with van der Waals surface area (Å²) in [6.07, 6.45) is 3.02. The molecule has 2 aliphatic heterocycles. The van der Waals surface area contributed by atoms with Crippen molar-refractivity contribution in [3.05, 3.63) is 48.2 Å². The van der Waals surface area contributed by atoms with E-state index in [2.05, 4.69) is 19.7 Å². The smallest absolute Gasteiger partial charge is 0.280 e. The Hall–Kier alpha value is -3.69. The Morgan fingerprint density at radius 3 is 2.47 bits per heavy atom. The molecule has 2 fully saturated rings. The zero-order valence-electron chi connectivity index (χ0n) is 24.2. The van der Waals surface area contributed by atoms with Gasteiger partial charge in [0, 0.05) is 25.9 Å². The first-order chi connectivity index (χ1) is 20.5. The highest BCUT2D eigenvalue weighted by atomic mass is 32.2. The molecule has 2 aliphatic rings. The first-order valence-electron chi connectivity index (χ1n) is 14.0. The Morgan fingerprint density at radius 1 is 1.09 bits per heavy atom. The average Bonchev–Trinajstić information content (AvgIpc) is 3.51. The summed E-state index contributed by atoms with van der Waals surface area (Å²) in [6.45, 7) is 4.98. The normalized spacial score (nSPS) is 18.4. The molecule has 0 aliphatic carbocycles. The summed E-state index contributed by atoms with van der Waals surface area (Å²) in [5.41, 5.74) is 0.883. The number of pyridine rings is 1. The second kappa shape index (κ2) is 12.9. The van der Waals surface area contributed by atoms with Gasteiger partial charge in [-0.15, -0.1) is 0 Å². The van der Waals surface area contributed by atoms with E-state index in [9.17, 15) is 16.8 Å². The van der Waals surface area contributed by atoms with E-state index >= 15 is 0 Å². The largest absolute Gasteiger partial charge is 0.493 e. The van der Waals surface area contributed by atoms with Crippen LogP contribution in [0.5, 0.6) is 23.1 Å². The number of sulfonamides is 1. The molecule has 0 amide bonds. The Morgan fingerprint density at radius 2 is 1.84 bits per heavy atom. The van der Waals surface area contributed by atoms with Crippen LogP contribution in [0.2, 0.25) is 0 Å². The second-order valence-corrected chi connectivity index (χ2v) is 14.5. The standard InChI is InChI=1S/C28H35N5O8S2/c1-19(2)20-10-11-24(29-17-20)43(36,37)32-26-25(41-23-9-5-4-8-22(23)38-3)27(40-18-21-7-6-14-39-21)31-28(30-26)33-12-15-42(34,35)16-13-33/h4-5,8-11,17,19,21H,6-7,12-16,18H2,1-3H3,(H,30,31,32). The van der Waals surface area contributed by atoms with Crippen molar-refractivity contribution >= 4 is 31.6 Å². The molecular weight excluding hydrogens is 598 g/mol. The SMILES string of the molecule is COc1ccccc1Oc1c(NS(=O)(=O)c2ccc(C(C)C)cn2)nc(N2CCS(=O)(=O)CC2)nc1OCC1CCCO1. The van der Waals surface area contributed by atoms with Crippen molar-refractivity contribution in [2.75, 3.05) is 54.5 Å². The minimum absolute atomic E-state index is 0.0411. The fourth-order valence-electron chi connectivity index (χ4n) is 4.56. The van der Waals surface area contributed by atoms with E-state index in [0.717, 1.165) is 18.4 Å². The molecule has 3 aromatic rings. The quantitative estimate of drug-likeness (QED) is 0.329. The summed E-state index contributed by atoms with van der Waals surface area (Å²) in [5.74, 6) is 0.388. The van der Waals surface area contributed by atoms with E-state index in [1.807, 2.05) is 13.8 Å². The summed E-state index contributed by atoms with van der Waals surface area (Å²) in [7, 11) is -5.97. The minimum atomic E-state index is -4.26. The number of ether oxygens (including phenoxy) is 4. The Kier molecular flexibility index (Phi) is 9.22. The molecule has 5 rings (SSSR count). The van der Waals surface area contributed by atoms with E-state index in [0.29, 0.717) is 12.4 Å². The second-order valence-electron chi connectivity index (χ2n) is 10.5. The van der Waals surface area contributed by atoms with Crippen LogP contribution in [0.1, 0.15) is 38.2 Å². The van der Waals surface area contributed by atoms with Crippen LogP contribution in [-0.4, -0.2) is 82.8 Å². The molecule has 1 aromatic carbocycles. The van der Waals surface area contributed by atoms with Crippen molar-refractivity contribution in [1.29, 1.82) is 0 Å². The number of nitrogens with zero attached hydrogens (tertiary/aromatic N) is 4. The molecular formula is C28H35N5O8S2. The van der Waals surface area contributed by atoms with Crippen LogP contribution in [0.25, 0.3) is 0 Å². The van der Waals surface area contributed by atoms with Crippen molar-refractivity contribution in [1.82, 2.24) is 15.0 Å². The van der Waals surface area contributed by atoms with Crippen LogP contribution in [0.15, 0.2) is 47.6 Å². The summed E-state index contributed by atoms with van der Waals surface area (Å²) in [5, 5.41) is -0.216. The fraction of sp³-hybridized carbons (Fsp3) is 0.464. The van der Waals surface area contributed by atoms with Crippen LogP contribution < -0.4 is 23.8 Å². The minimum Gasteiger partial charge on any atom is -0.493 e. The molecule has 0 saturated carbocycles. The van der Waals surface area contributed by atoms with Gasteiger partial charge >= 0.3 is 0 Å². The van der Waals surface area contributed by atoms with Gasteiger partial charge in [-0.2, -0.15) is 18.4 Å². The van der Waals surface area contributed by atoms with Crippen LogP contribution in [0.4, 0.5) is 11.8 Å². The zero-order chi connectivity index (χ0) is 30.6. The molecule has 43 heavy (non-hydrogen) atoms. The van der Waals surface area contributed by atoms with E-state index in [1.165, 1.54) is 19.4 Å². The van der Waals surface area contributed by atoms with E-state index in [4.69, 9.17) is 18.9 Å². The first-order valence-corrected chi connectivity index (χ1v) is 17.3. The fourth-order valence-corrected chi connectivity index (χ4v) is 6.70. The van der Waals surface area contributed by atoms with Crippen LogP contribution >= 0.6 is 0 Å². The molecule has 4 heterocycles. The molecule has 1 N–H and O–H groups in total. The maximum atomic E-state index is 13.6. The highest BCUT2D eigenvalue weighted by Gasteiger charge is 2.30. The summed E-state index contributed by atoms with van der Waals surface area (Å²) >= 11 is 0. The van der Waals surface area contributed by atoms with E-state index < -0.39 is 19.9 Å². The van der Waals surface area contributed by atoms with Gasteiger partial charge in [-0.25, -0.2) is 13.4 Å². The molecule has 0 bridgehead atoms. The summed E-state index contributed by atoms with van der Waals surface area (Å²) < 4.78 is 77.4. The number of hydrogen-bond acceptors (Lipinski definition) is 12. The number of nitrogens with one attached hydrogen (secondary N) is 1. The third-order valence-electron chi connectivity index (χ3n) is 7.09. The predicted molar refractivity (Wildman–Crippen MR) is 160 cm³/mol. The summed E-state index contributed by atoms with van der Waals surface area (Å²) in [4.78, 5) is 14.9. The van der Waals surface area contributed by atoms with Gasteiger partial charge in [-0.05, 0) is 42.5 Å². The maximum Gasteiger partial charge on any atom is 0.280 e. The number of anilines is 2. The first kappa shape index (κ1) is 30.8. The Bertz CT molecular complexity index is 1630. The summed E-state index contributed by atoms with van der Waals surface area (Å²) in [6, 6.07) is 9.96. The van der Waals surface area contributed by atoms with E-state index in [-0.39, 0.29) is 77.4 Å². The molecule has 13 nitrogen and oxygen atoms in total. The molecule has 2 aromatic heterocycles. The monoisotopic (exact) mass is 633 g/mol. The van der Waals surface area contributed by atoms with Gasteiger partial charge in [0.05, 0.1) is 24.7 Å². The zero-order valence-corrected chi connectivity index (χ0v) is 25.9. The molecule has 1 atom stereocenters. The third kappa shape index (κ3) is 7.46. The molecule has 232 valence electrons. The van der Waals surface area contributed by atoms with Gasteiger partial charge in [-0.1, -0.05) is 32.0 Å². The lowest BCUT2D eigenvalue weighted by Crippen LogP contribution is -2.41. The number of rotatable bonds is 11. The van der Waals surface area contributed by atoms with Crippen LogP contribution in [0.3, 0.4) is 0 Å². The van der Waals surface area contributed by atoms with Gasteiger partial charge in [0.25, 0.3) is 15.9 Å². The van der Waals surface area contributed by atoms with Crippen molar-refractivity contribution < 1.29 is 35.8 Å². The van der Waals surface area contributed by atoms with Gasteiger partial charge in [-0.3, -0.25) is 4.72 Å². The highest BCUT2D eigenvalue weighted by molar-refractivity contribution is 7.92. The number of benzene rings is 1. The number of methoxy groups -OCH3 is 1. The Labute approximate surface area is 251 Å². The number of sulfone groups is 1. The lowest BCUT2D eigenvalue weighted by Gasteiger charge is -2.28. The lowest BCUT2D eigenvalue weighted by atomic mass is 10.1. The van der Waals surface area contributed by atoms with Gasteiger partial charge in [0.1, 0.15) is 6.61 Å². The molecule has 0 spiro atoms. The van der Waals surface area contributed by atoms with Crippen molar-refractivity contribution in [2.45, 2.75) is 43.7 Å². The van der Waals surface area contributed by atoms with Crippen LogP contribution in [0, 0.1) is 0 Å². The van der Waals surface area contributed by atoms with Gasteiger partial charge in [0.15, 0.2) is 32.2 Å². The van der Waals surface area contributed by atoms with Crippen molar-refractivity contribution in [3.63, 3.8) is 0 Å². The predicted octanol–water partition coefficient (Wildman–Crippen LogP) is 3.39. The van der Waals surface area contributed by atoms with Crippen molar-refractivity contribution in [3.8, 4) is 23.1 Å². The Balaban J connectivity index is 1.59. The highest BCUT2D eigenvalue weighted by Crippen LogP contribution is 2.42. The number of para-hydroxylation sites is 2. The van der Waals surface area contributed by atoms with Crippen LogP contribution in [-0.2, 0) is 24.6 Å². The molecule has 1 unspecified atom stereocenters. The average molecular weight is 634 g/mol. The maximum absolute atomic E-state index is 13.6. The molecule has 2 saturated heterocycles. The topological polar surface area (TPSA) is 159 Å². The van der Waals surface area contributed by atoms with Gasteiger partial charge < -0.3 is 23.8 Å². The van der Waals surface area contributed by atoms with E-state index in [1.54, 1.807) is 35.2 Å². The van der Waals surface area contributed by atoms with Gasteiger partial charge in [0.2, 0.25) is 11.7 Å².